The number of para-hydroxylation sites is 1. The maximum absolute atomic E-state index is 6.18. The third kappa shape index (κ3) is 4.29. The highest BCUT2D eigenvalue weighted by Crippen LogP contribution is 2.34. The number of hydrogen-bond acceptors (Lipinski definition) is 6. The summed E-state index contributed by atoms with van der Waals surface area (Å²) in [7, 11) is 1.52. The lowest BCUT2D eigenvalue weighted by molar-refractivity contribution is 0.399. The first-order valence-corrected chi connectivity index (χ1v) is 8.34. The predicted octanol–water partition coefficient (Wildman–Crippen LogP) is 4.41. The van der Waals surface area contributed by atoms with Gasteiger partial charge in [-0.1, -0.05) is 48.0 Å². The summed E-state index contributed by atoms with van der Waals surface area (Å²) >= 11 is 6.18. The monoisotopic (exact) mass is 367 g/mol. The van der Waals surface area contributed by atoms with Crippen LogP contribution in [0.4, 0.5) is 23.1 Å². The topological polar surface area (TPSA) is 85.4 Å². The largest absolute Gasteiger partial charge is 0.479 e. The first-order valence-electron chi connectivity index (χ1n) is 7.97. The number of aromatic nitrogens is 2. The summed E-state index contributed by atoms with van der Waals surface area (Å²) in [5.74, 6) is 0.868. The number of ether oxygens (including phenoxy) is 1. The van der Waals surface area contributed by atoms with Gasteiger partial charge in [-0.15, -0.1) is 0 Å². The molecule has 3 aromatic rings. The van der Waals surface area contributed by atoms with E-state index in [4.69, 9.17) is 22.1 Å². The lowest BCUT2D eigenvalue weighted by Gasteiger charge is -2.11. The first kappa shape index (κ1) is 17.7. The van der Waals surface area contributed by atoms with Gasteiger partial charge in [0, 0.05) is 23.3 Å². The van der Waals surface area contributed by atoms with Crippen molar-refractivity contribution >= 4 is 41.0 Å². The van der Waals surface area contributed by atoms with E-state index in [0.29, 0.717) is 28.8 Å². The molecule has 0 radical (unpaired) electrons. The number of rotatable bonds is 6. The Morgan fingerprint density at radius 2 is 1.85 bits per heavy atom. The van der Waals surface area contributed by atoms with Crippen LogP contribution < -0.4 is 15.8 Å². The highest BCUT2D eigenvalue weighted by Gasteiger charge is 2.14. The summed E-state index contributed by atoms with van der Waals surface area (Å²) in [4.78, 5) is 12.9. The molecule has 0 saturated heterocycles. The number of nitrogen functional groups attached to an aromatic ring is 1. The summed E-state index contributed by atoms with van der Waals surface area (Å²) < 4.78 is 5.32. The van der Waals surface area contributed by atoms with Gasteiger partial charge in [0.15, 0.2) is 11.5 Å². The Labute approximate surface area is 156 Å². The number of nitrogens with zero attached hydrogens (tertiary/aromatic N) is 3. The summed E-state index contributed by atoms with van der Waals surface area (Å²) in [6, 6.07) is 17.2. The van der Waals surface area contributed by atoms with Crippen LogP contribution in [0, 0.1) is 0 Å². The number of aliphatic imine (C=N–C) groups is 1. The lowest BCUT2D eigenvalue weighted by Crippen LogP contribution is -2.03. The van der Waals surface area contributed by atoms with Gasteiger partial charge in [-0.05, 0) is 23.8 Å². The van der Waals surface area contributed by atoms with Gasteiger partial charge in [0.25, 0.3) is 0 Å². The number of anilines is 3. The van der Waals surface area contributed by atoms with Crippen molar-refractivity contribution in [3.63, 3.8) is 0 Å². The van der Waals surface area contributed by atoms with Gasteiger partial charge in [-0.25, -0.2) is 0 Å². The molecule has 0 fully saturated rings. The lowest BCUT2D eigenvalue weighted by atomic mass is 10.2. The van der Waals surface area contributed by atoms with Crippen LogP contribution in [-0.4, -0.2) is 23.3 Å². The number of hydrogen-bond donors (Lipinski definition) is 2. The molecule has 1 aromatic heterocycles. The van der Waals surface area contributed by atoms with Crippen LogP contribution in [0.5, 0.6) is 5.88 Å². The van der Waals surface area contributed by atoms with Gasteiger partial charge >= 0.3 is 0 Å². The summed E-state index contributed by atoms with van der Waals surface area (Å²) in [5.41, 5.74) is 8.09. The second-order valence-electron chi connectivity index (χ2n) is 5.39. The van der Waals surface area contributed by atoms with E-state index in [0.717, 1.165) is 11.3 Å². The molecule has 2 aromatic carbocycles. The van der Waals surface area contributed by atoms with Crippen molar-refractivity contribution in [2.24, 2.45) is 4.99 Å². The highest BCUT2D eigenvalue weighted by atomic mass is 35.5. The minimum absolute atomic E-state index is 0.102. The van der Waals surface area contributed by atoms with E-state index >= 15 is 0 Å². The molecule has 3 N–H and O–H groups in total. The minimum atomic E-state index is 0.102. The molecule has 1 heterocycles. The molecule has 132 valence electrons. The van der Waals surface area contributed by atoms with E-state index in [2.05, 4.69) is 20.3 Å². The molecule has 26 heavy (non-hydrogen) atoms. The summed E-state index contributed by atoms with van der Waals surface area (Å²) in [5, 5.41) is 3.89. The molecule has 3 rings (SSSR count). The highest BCUT2D eigenvalue weighted by molar-refractivity contribution is 6.31. The fourth-order valence-electron chi connectivity index (χ4n) is 2.35. The van der Waals surface area contributed by atoms with E-state index in [1.165, 1.54) is 7.11 Å². The van der Waals surface area contributed by atoms with Crippen molar-refractivity contribution < 1.29 is 4.74 Å². The van der Waals surface area contributed by atoms with Crippen molar-refractivity contribution in [3.05, 3.63) is 65.2 Å². The van der Waals surface area contributed by atoms with Crippen molar-refractivity contribution in [2.45, 2.75) is 6.42 Å². The van der Waals surface area contributed by atoms with Gasteiger partial charge in [0.1, 0.15) is 0 Å². The third-order valence-electron chi connectivity index (χ3n) is 3.59. The predicted molar refractivity (Wildman–Crippen MR) is 106 cm³/mol. The van der Waals surface area contributed by atoms with E-state index in [-0.39, 0.29) is 5.95 Å². The fraction of sp³-hybridized carbons (Fsp3) is 0.105. The van der Waals surface area contributed by atoms with Crippen LogP contribution in [0.25, 0.3) is 0 Å². The molecule has 0 aliphatic heterocycles. The molecule has 0 aliphatic rings. The normalized spacial score (nSPS) is 10.8. The van der Waals surface area contributed by atoms with Gasteiger partial charge in [-0.2, -0.15) is 9.97 Å². The molecule has 0 bridgehead atoms. The van der Waals surface area contributed by atoms with Crippen molar-refractivity contribution in [1.82, 2.24) is 9.97 Å². The number of halogens is 1. The molecule has 0 aliphatic carbocycles. The molecule has 6 nitrogen and oxygen atoms in total. The zero-order chi connectivity index (χ0) is 18.4. The SMILES string of the molecule is COc1nc(N)nc(Nc2ccccc2)c1N=CCc1ccccc1Cl. The van der Waals surface area contributed by atoms with E-state index in [1.807, 2.05) is 54.6 Å². The van der Waals surface area contributed by atoms with Crippen LogP contribution in [0.1, 0.15) is 5.56 Å². The zero-order valence-corrected chi connectivity index (χ0v) is 14.9. The van der Waals surface area contributed by atoms with Crippen molar-refractivity contribution in [3.8, 4) is 5.88 Å². The Morgan fingerprint density at radius 3 is 2.58 bits per heavy atom. The second kappa shape index (κ2) is 8.31. The van der Waals surface area contributed by atoms with Crippen molar-refractivity contribution in [2.75, 3.05) is 18.2 Å². The number of methoxy groups -OCH3 is 1. The Bertz CT molecular complexity index is 915. The Morgan fingerprint density at radius 1 is 1.12 bits per heavy atom. The molecule has 0 unspecified atom stereocenters. The second-order valence-corrected chi connectivity index (χ2v) is 5.79. The maximum atomic E-state index is 6.18. The number of nitrogens with one attached hydrogen (secondary N) is 1. The average molecular weight is 368 g/mol. The first-order chi connectivity index (χ1) is 12.7. The molecule has 0 spiro atoms. The zero-order valence-electron chi connectivity index (χ0n) is 14.2. The maximum Gasteiger partial charge on any atom is 0.246 e. The third-order valence-corrected chi connectivity index (χ3v) is 3.96. The molecular formula is C19H18ClN5O. The molecular weight excluding hydrogens is 350 g/mol. The van der Waals surface area contributed by atoms with Crippen LogP contribution in [-0.2, 0) is 6.42 Å². The molecule has 0 saturated carbocycles. The van der Waals surface area contributed by atoms with Crippen molar-refractivity contribution in [1.29, 1.82) is 0 Å². The Kier molecular flexibility index (Phi) is 5.66. The quantitative estimate of drug-likeness (QED) is 0.630. The van der Waals surface area contributed by atoms with E-state index < -0.39 is 0 Å². The van der Waals surface area contributed by atoms with Gasteiger partial charge in [0.2, 0.25) is 11.8 Å². The van der Waals surface area contributed by atoms with Gasteiger partial charge < -0.3 is 15.8 Å². The number of benzene rings is 2. The standard InChI is InChI=1S/C19H18ClN5O/c1-26-18-16(22-12-11-13-7-5-6-10-15(13)20)17(24-19(21)25-18)23-14-8-3-2-4-9-14/h2-10,12H,11H2,1H3,(H3,21,23,24,25). The molecule has 0 amide bonds. The Hall–Kier alpha value is -3.12. The number of nitrogens with two attached hydrogens (primary N) is 1. The molecule has 7 heteroatoms. The average Bonchev–Trinajstić information content (AvgIpc) is 2.65. The van der Waals surface area contributed by atoms with Crippen LogP contribution in [0.3, 0.4) is 0 Å². The smallest absolute Gasteiger partial charge is 0.246 e. The summed E-state index contributed by atoms with van der Waals surface area (Å²) in [6.45, 7) is 0. The van der Waals surface area contributed by atoms with Crippen LogP contribution in [0.15, 0.2) is 59.6 Å². The van der Waals surface area contributed by atoms with Crippen LogP contribution >= 0.6 is 11.6 Å². The van der Waals surface area contributed by atoms with E-state index in [9.17, 15) is 0 Å². The minimum Gasteiger partial charge on any atom is -0.479 e. The molecule has 0 atom stereocenters. The fourth-order valence-corrected chi connectivity index (χ4v) is 2.57. The van der Waals surface area contributed by atoms with Gasteiger partial charge in [-0.3, -0.25) is 4.99 Å². The van der Waals surface area contributed by atoms with Crippen LogP contribution in [0.2, 0.25) is 5.02 Å². The Balaban J connectivity index is 1.91. The summed E-state index contributed by atoms with van der Waals surface area (Å²) in [6.07, 6.45) is 2.31. The van der Waals surface area contributed by atoms with Gasteiger partial charge in [0.05, 0.1) is 7.11 Å². The van der Waals surface area contributed by atoms with E-state index in [1.54, 1.807) is 6.21 Å².